The Hall–Kier alpha value is -1.37. The van der Waals surface area contributed by atoms with E-state index in [1.54, 1.807) is 23.7 Å². The fraction of sp³-hybridized carbons (Fsp3) is 0.412. The highest BCUT2D eigenvalue weighted by molar-refractivity contribution is 7.99. The molecule has 0 saturated heterocycles. The van der Waals surface area contributed by atoms with E-state index in [4.69, 9.17) is 27.7 Å². The molecule has 0 spiro atoms. The molecule has 1 aliphatic rings. The highest BCUT2D eigenvalue weighted by Gasteiger charge is 2.51. The average molecular weight is 400 g/mol. The van der Waals surface area contributed by atoms with Crippen LogP contribution < -0.4 is 5.32 Å². The SMILES string of the molecule is Cc1cc(CN(C)C(=O)Nc2ccccc2SCC2CC2(Cl)Cl)no1. The maximum atomic E-state index is 12.4. The summed E-state index contributed by atoms with van der Waals surface area (Å²) in [6.07, 6.45) is 0.817. The number of benzene rings is 1. The number of para-hydroxylation sites is 1. The van der Waals surface area contributed by atoms with Crippen molar-refractivity contribution >= 4 is 46.7 Å². The molecule has 2 amide bonds. The van der Waals surface area contributed by atoms with Gasteiger partial charge in [0.1, 0.15) is 15.8 Å². The third-order valence-electron chi connectivity index (χ3n) is 3.95. The fourth-order valence-electron chi connectivity index (χ4n) is 2.35. The Labute approximate surface area is 161 Å². The Morgan fingerprint density at radius 1 is 1.48 bits per heavy atom. The van der Waals surface area contributed by atoms with Crippen molar-refractivity contribution in [3.05, 3.63) is 41.8 Å². The van der Waals surface area contributed by atoms with E-state index in [1.165, 1.54) is 0 Å². The number of alkyl halides is 2. The second kappa shape index (κ2) is 7.48. The molecule has 8 heteroatoms. The maximum Gasteiger partial charge on any atom is 0.321 e. The van der Waals surface area contributed by atoms with Crippen LogP contribution in [0.3, 0.4) is 0 Å². The summed E-state index contributed by atoms with van der Waals surface area (Å²) in [6.45, 7) is 2.20. The quantitative estimate of drug-likeness (QED) is 0.552. The van der Waals surface area contributed by atoms with E-state index < -0.39 is 4.33 Å². The standard InChI is InChI=1S/C17H19Cl2N3O2S/c1-11-7-13(21-24-11)9-22(2)16(23)20-14-5-3-4-6-15(14)25-10-12-8-17(12,18)19/h3-7,12H,8-10H2,1-2H3,(H,20,23). The molecule has 1 saturated carbocycles. The van der Waals surface area contributed by atoms with Crippen LogP contribution in [0.4, 0.5) is 10.5 Å². The second-order valence-electron chi connectivity index (χ2n) is 6.18. The van der Waals surface area contributed by atoms with E-state index in [1.807, 2.05) is 37.3 Å². The molecule has 1 aromatic carbocycles. The zero-order valence-corrected chi connectivity index (χ0v) is 16.3. The van der Waals surface area contributed by atoms with Gasteiger partial charge in [0.25, 0.3) is 0 Å². The number of nitrogens with zero attached hydrogens (tertiary/aromatic N) is 2. The Morgan fingerprint density at radius 3 is 2.84 bits per heavy atom. The first-order valence-electron chi connectivity index (χ1n) is 7.89. The van der Waals surface area contributed by atoms with Crippen molar-refractivity contribution in [2.24, 2.45) is 5.92 Å². The third-order valence-corrected chi connectivity index (χ3v) is 6.11. The molecule has 1 aliphatic carbocycles. The number of rotatable bonds is 6. The minimum absolute atomic E-state index is 0.204. The van der Waals surface area contributed by atoms with Crippen molar-refractivity contribution in [1.29, 1.82) is 0 Å². The molecule has 2 aromatic rings. The average Bonchev–Trinajstić information content (AvgIpc) is 2.96. The van der Waals surface area contributed by atoms with Crippen molar-refractivity contribution in [2.45, 2.75) is 29.1 Å². The van der Waals surface area contributed by atoms with Gasteiger partial charge in [-0.05, 0) is 25.5 Å². The van der Waals surface area contributed by atoms with Crippen molar-refractivity contribution < 1.29 is 9.32 Å². The molecule has 5 nitrogen and oxygen atoms in total. The summed E-state index contributed by atoms with van der Waals surface area (Å²) in [7, 11) is 1.72. The van der Waals surface area contributed by atoms with E-state index in [0.717, 1.165) is 28.5 Å². The number of amides is 2. The monoisotopic (exact) mass is 399 g/mol. The molecule has 25 heavy (non-hydrogen) atoms. The zero-order valence-electron chi connectivity index (χ0n) is 14.0. The molecule has 1 N–H and O–H groups in total. The number of anilines is 1. The van der Waals surface area contributed by atoms with E-state index in [-0.39, 0.29) is 6.03 Å². The van der Waals surface area contributed by atoms with Crippen LogP contribution in [0.1, 0.15) is 17.9 Å². The first-order valence-corrected chi connectivity index (χ1v) is 9.63. The number of hydrogen-bond donors (Lipinski definition) is 1. The van der Waals surface area contributed by atoms with Crippen molar-refractivity contribution in [3.8, 4) is 0 Å². The lowest BCUT2D eigenvalue weighted by molar-refractivity contribution is 0.219. The number of carbonyl (C=O) groups excluding carboxylic acids is 1. The van der Waals surface area contributed by atoms with E-state index in [9.17, 15) is 4.79 Å². The van der Waals surface area contributed by atoms with Crippen molar-refractivity contribution in [2.75, 3.05) is 18.1 Å². The Morgan fingerprint density at radius 2 is 2.20 bits per heavy atom. The van der Waals surface area contributed by atoms with E-state index in [0.29, 0.717) is 18.2 Å². The molecule has 134 valence electrons. The molecule has 1 atom stereocenters. The predicted octanol–water partition coefficient (Wildman–Crippen LogP) is 4.93. The third kappa shape index (κ3) is 4.84. The Bertz CT molecular complexity index is 766. The summed E-state index contributed by atoms with van der Waals surface area (Å²) in [5, 5.41) is 6.85. The van der Waals surface area contributed by atoms with E-state index in [2.05, 4.69) is 10.5 Å². The largest absolute Gasteiger partial charge is 0.361 e. The van der Waals surface area contributed by atoms with Crippen LogP contribution >= 0.6 is 35.0 Å². The number of nitrogens with one attached hydrogen (secondary N) is 1. The van der Waals surface area contributed by atoms with Gasteiger partial charge < -0.3 is 14.7 Å². The summed E-state index contributed by atoms with van der Waals surface area (Å²) in [6, 6.07) is 9.31. The number of carbonyl (C=O) groups is 1. The number of hydrogen-bond acceptors (Lipinski definition) is 4. The van der Waals surface area contributed by atoms with Gasteiger partial charge in [0.05, 0.1) is 12.2 Å². The Balaban J connectivity index is 1.58. The minimum atomic E-state index is -0.582. The van der Waals surface area contributed by atoms with Gasteiger partial charge in [-0.1, -0.05) is 17.3 Å². The lowest BCUT2D eigenvalue weighted by Gasteiger charge is -2.18. The van der Waals surface area contributed by atoms with Gasteiger partial charge >= 0.3 is 6.03 Å². The van der Waals surface area contributed by atoms with Gasteiger partial charge in [-0.2, -0.15) is 0 Å². The van der Waals surface area contributed by atoms with Gasteiger partial charge in [0.15, 0.2) is 0 Å². The predicted molar refractivity (Wildman–Crippen MR) is 101 cm³/mol. The number of urea groups is 1. The smallest absolute Gasteiger partial charge is 0.321 e. The van der Waals surface area contributed by atoms with Crippen LogP contribution in [-0.2, 0) is 6.54 Å². The molecule has 3 rings (SSSR count). The first kappa shape index (κ1) is 18.4. The highest BCUT2D eigenvalue weighted by Crippen LogP contribution is 2.55. The first-order chi connectivity index (χ1) is 11.8. The second-order valence-corrected chi connectivity index (χ2v) is 8.79. The topological polar surface area (TPSA) is 58.4 Å². The lowest BCUT2D eigenvalue weighted by Crippen LogP contribution is -2.31. The molecule has 1 fully saturated rings. The van der Waals surface area contributed by atoms with Crippen molar-refractivity contribution in [3.63, 3.8) is 0 Å². The van der Waals surface area contributed by atoms with Crippen LogP contribution in [-0.4, -0.2) is 33.2 Å². The van der Waals surface area contributed by atoms with E-state index >= 15 is 0 Å². The van der Waals surface area contributed by atoms with Gasteiger partial charge in [-0.3, -0.25) is 0 Å². The van der Waals surface area contributed by atoms with Crippen LogP contribution in [0.2, 0.25) is 0 Å². The summed E-state index contributed by atoms with van der Waals surface area (Å²) in [5.41, 5.74) is 1.49. The van der Waals surface area contributed by atoms with Gasteiger partial charge in [-0.15, -0.1) is 35.0 Å². The van der Waals surface area contributed by atoms with Gasteiger partial charge in [0, 0.05) is 29.7 Å². The van der Waals surface area contributed by atoms with Gasteiger partial charge in [0.2, 0.25) is 0 Å². The molecule has 1 unspecified atom stereocenters. The number of aryl methyl sites for hydroxylation is 1. The molecule has 0 aliphatic heterocycles. The normalized spacial score (nSPS) is 18.0. The summed E-state index contributed by atoms with van der Waals surface area (Å²) in [5.74, 6) is 1.84. The number of halogens is 2. The number of thioether (sulfide) groups is 1. The molecule has 1 heterocycles. The van der Waals surface area contributed by atoms with Gasteiger partial charge in [-0.25, -0.2) is 4.79 Å². The van der Waals surface area contributed by atoms with Crippen LogP contribution in [0, 0.1) is 12.8 Å². The molecule has 0 radical (unpaired) electrons. The molecule has 1 aromatic heterocycles. The fourth-order valence-corrected chi connectivity index (χ4v) is 4.30. The van der Waals surface area contributed by atoms with Crippen LogP contribution in [0.25, 0.3) is 0 Å². The maximum absolute atomic E-state index is 12.4. The molecular weight excluding hydrogens is 381 g/mol. The summed E-state index contributed by atoms with van der Waals surface area (Å²) in [4.78, 5) is 15.0. The number of aromatic nitrogens is 1. The molecular formula is C17H19Cl2N3O2S. The minimum Gasteiger partial charge on any atom is -0.361 e. The summed E-state index contributed by atoms with van der Waals surface area (Å²) < 4.78 is 4.44. The zero-order chi connectivity index (χ0) is 18.0. The lowest BCUT2D eigenvalue weighted by atomic mass is 10.3. The Kier molecular flexibility index (Phi) is 5.51. The highest BCUT2D eigenvalue weighted by atomic mass is 35.5. The molecule has 0 bridgehead atoms. The van der Waals surface area contributed by atoms with Crippen LogP contribution in [0.5, 0.6) is 0 Å². The summed E-state index contributed by atoms with van der Waals surface area (Å²) >= 11 is 13.8. The van der Waals surface area contributed by atoms with Crippen LogP contribution in [0.15, 0.2) is 39.8 Å². The van der Waals surface area contributed by atoms with Crippen molar-refractivity contribution in [1.82, 2.24) is 10.1 Å².